The second-order valence-electron chi connectivity index (χ2n) is 3.57. The van der Waals surface area contributed by atoms with E-state index >= 15 is 0 Å². The van der Waals surface area contributed by atoms with Gasteiger partial charge in [0, 0.05) is 12.6 Å². The van der Waals surface area contributed by atoms with Crippen LogP contribution in [0.25, 0.3) is 0 Å². The fraction of sp³-hybridized carbons (Fsp3) is 1.00. The monoisotopic (exact) mass is 173 g/mol. The van der Waals surface area contributed by atoms with Crippen LogP contribution in [0.1, 0.15) is 45.4 Å². The highest BCUT2D eigenvalue weighted by atomic mass is 32.1. The molecule has 0 radical (unpaired) electrons. The van der Waals surface area contributed by atoms with Crippen LogP contribution in [-0.2, 0) is 0 Å². The number of hydrogen-bond donors (Lipinski definition) is 1. The van der Waals surface area contributed by atoms with Crippen molar-refractivity contribution in [1.29, 1.82) is 0 Å². The third-order valence-electron chi connectivity index (χ3n) is 2.52. The van der Waals surface area contributed by atoms with Crippen molar-refractivity contribution in [3.63, 3.8) is 0 Å². The highest BCUT2D eigenvalue weighted by Crippen LogP contribution is 2.16. The molecular formula is C9H19NS. The molecule has 1 unspecified atom stereocenters. The van der Waals surface area contributed by atoms with E-state index in [0.717, 1.165) is 0 Å². The molecule has 1 atom stereocenters. The fourth-order valence-electron chi connectivity index (χ4n) is 1.61. The Labute approximate surface area is 75.7 Å². The topological polar surface area (TPSA) is 3.24 Å². The lowest BCUT2D eigenvalue weighted by Gasteiger charge is -2.21. The maximum absolute atomic E-state index is 4.45. The minimum absolute atomic E-state index is 0.677. The maximum Gasteiger partial charge on any atom is 0.0171 e. The molecule has 1 aliphatic rings. The summed E-state index contributed by atoms with van der Waals surface area (Å²) >= 11 is 4.45. The van der Waals surface area contributed by atoms with Gasteiger partial charge in [0.1, 0.15) is 0 Å². The number of thiol groups is 1. The van der Waals surface area contributed by atoms with Gasteiger partial charge in [-0.1, -0.05) is 38.5 Å². The first kappa shape index (κ1) is 9.40. The van der Waals surface area contributed by atoms with E-state index in [1.807, 2.05) is 0 Å². The Morgan fingerprint density at radius 1 is 1.09 bits per heavy atom. The molecule has 1 heterocycles. The Hall–Kier alpha value is 0.310. The second kappa shape index (κ2) is 5.04. The molecule has 1 nitrogen and oxygen atoms in total. The Kier molecular flexibility index (Phi) is 4.31. The molecule has 0 amide bonds. The molecule has 1 saturated heterocycles. The van der Waals surface area contributed by atoms with Crippen molar-refractivity contribution in [3.8, 4) is 0 Å². The molecule has 0 N–H and O–H groups in total. The molecule has 0 aromatic rings. The zero-order valence-electron chi connectivity index (χ0n) is 7.42. The van der Waals surface area contributed by atoms with Crippen LogP contribution in [0.3, 0.4) is 0 Å². The molecule has 11 heavy (non-hydrogen) atoms. The van der Waals surface area contributed by atoms with Crippen molar-refractivity contribution in [2.45, 2.75) is 51.5 Å². The molecule has 0 bridgehead atoms. The number of hydrogen-bond acceptors (Lipinski definition) is 2. The van der Waals surface area contributed by atoms with Gasteiger partial charge >= 0.3 is 0 Å². The SMILES string of the molecule is CC1CCCCCCCN1S. The molecule has 0 spiro atoms. The first-order valence-electron chi connectivity index (χ1n) is 4.76. The first-order chi connectivity index (χ1) is 5.30. The number of nitrogens with zero attached hydrogens (tertiary/aromatic N) is 1. The van der Waals surface area contributed by atoms with Crippen LogP contribution < -0.4 is 0 Å². The van der Waals surface area contributed by atoms with E-state index < -0.39 is 0 Å². The van der Waals surface area contributed by atoms with E-state index in [4.69, 9.17) is 0 Å². The summed E-state index contributed by atoms with van der Waals surface area (Å²) in [6.07, 6.45) is 8.28. The largest absolute Gasteiger partial charge is 0.250 e. The summed E-state index contributed by atoms with van der Waals surface area (Å²) in [4.78, 5) is 0. The lowest BCUT2D eigenvalue weighted by Crippen LogP contribution is -2.24. The fourth-order valence-corrected chi connectivity index (χ4v) is 1.87. The van der Waals surface area contributed by atoms with Gasteiger partial charge in [0.25, 0.3) is 0 Å². The van der Waals surface area contributed by atoms with E-state index in [0.29, 0.717) is 6.04 Å². The Morgan fingerprint density at radius 2 is 1.73 bits per heavy atom. The van der Waals surface area contributed by atoms with Gasteiger partial charge in [0.15, 0.2) is 0 Å². The summed E-state index contributed by atoms with van der Waals surface area (Å²) in [6, 6.07) is 0.677. The molecule has 0 aromatic heterocycles. The molecule has 1 fully saturated rings. The Morgan fingerprint density at radius 3 is 2.55 bits per heavy atom. The van der Waals surface area contributed by atoms with Crippen molar-refractivity contribution in [1.82, 2.24) is 4.31 Å². The Balaban J connectivity index is 2.29. The Bertz CT molecular complexity index is 93.7. The van der Waals surface area contributed by atoms with Gasteiger partial charge in [-0.2, -0.15) is 0 Å². The van der Waals surface area contributed by atoms with Gasteiger partial charge in [-0.05, 0) is 19.8 Å². The summed E-state index contributed by atoms with van der Waals surface area (Å²) < 4.78 is 2.20. The van der Waals surface area contributed by atoms with Crippen LogP contribution in [0.5, 0.6) is 0 Å². The van der Waals surface area contributed by atoms with Crippen molar-refractivity contribution in [2.75, 3.05) is 6.54 Å². The van der Waals surface area contributed by atoms with Gasteiger partial charge < -0.3 is 0 Å². The van der Waals surface area contributed by atoms with E-state index in [1.165, 1.54) is 45.1 Å². The number of rotatable bonds is 0. The summed E-state index contributed by atoms with van der Waals surface area (Å²) in [7, 11) is 0. The zero-order valence-corrected chi connectivity index (χ0v) is 8.32. The summed E-state index contributed by atoms with van der Waals surface area (Å²) in [5, 5.41) is 0. The van der Waals surface area contributed by atoms with Crippen LogP contribution in [0.4, 0.5) is 0 Å². The van der Waals surface area contributed by atoms with Crippen LogP contribution in [0, 0.1) is 0 Å². The first-order valence-corrected chi connectivity index (χ1v) is 5.16. The van der Waals surface area contributed by atoms with Gasteiger partial charge in [-0.3, -0.25) is 4.31 Å². The van der Waals surface area contributed by atoms with Crippen LogP contribution in [0.2, 0.25) is 0 Å². The predicted molar refractivity (Wildman–Crippen MR) is 52.9 cm³/mol. The maximum atomic E-state index is 4.45. The van der Waals surface area contributed by atoms with Gasteiger partial charge in [-0.25, -0.2) is 0 Å². The van der Waals surface area contributed by atoms with E-state index in [2.05, 4.69) is 24.0 Å². The van der Waals surface area contributed by atoms with Crippen molar-refractivity contribution in [3.05, 3.63) is 0 Å². The summed E-state index contributed by atoms with van der Waals surface area (Å²) in [5.74, 6) is 0. The minimum Gasteiger partial charge on any atom is -0.250 e. The molecule has 2 heteroatoms. The van der Waals surface area contributed by atoms with Crippen molar-refractivity contribution >= 4 is 12.8 Å². The average Bonchev–Trinajstić information content (AvgIpc) is 2.07. The third kappa shape index (κ3) is 3.48. The van der Waals surface area contributed by atoms with Crippen LogP contribution in [0.15, 0.2) is 0 Å². The summed E-state index contributed by atoms with van der Waals surface area (Å²) in [6.45, 7) is 3.45. The second-order valence-corrected chi connectivity index (χ2v) is 4.08. The predicted octanol–water partition coefficient (Wildman–Crippen LogP) is 2.88. The normalized spacial score (nSPS) is 30.5. The van der Waals surface area contributed by atoms with Crippen LogP contribution >= 0.6 is 12.8 Å². The molecule has 0 saturated carbocycles. The van der Waals surface area contributed by atoms with E-state index in [-0.39, 0.29) is 0 Å². The van der Waals surface area contributed by atoms with Crippen molar-refractivity contribution in [2.24, 2.45) is 0 Å². The van der Waals surface area contributed by atoms with E-state index in [9.17, 15) is 0 Å². The van der Waals surface area contributed by atoms with Gasteiger partial charge in [0.05, 0.1) is 0 Å². The standard InChI is InChI=1S/C9H19NS/c1-9-7-5-3-2-4-6-8-10(9)11/h9,11H,2-8H2,1H3. The van der Waals surface area contributed by atoms with Crippen LogP contribution in [-0.4, -0.2) is 16.9 Å². The lowest BCUT2D eigenvalue weighted by atomic mass is 10.1. The molecule has 0 aromatic carbocycles. The average molecular weight is 173 g/mol. The van der Waals surface area contributed by atoms with Gasteiger partial charge in [-0.15, -0.1) is 0 Å². The van der Waals surface area contributed by atoms with Crippen molar-refractivity contribution < 1.29 is 0 Å². The highest BCUT2D eigenvalue weighted by molar-refractivity contribution is 7.77. The molecule has 0 aliphatic carbocycles. The quantitative estimate of drug-likeness (QED) is 0.551. The van der Waals surface area contributed by atoms with Gasteiger partial charge in [0.2, 0.25) is 0 Å². The minimum atomic E-state index is 0.677. The molecule has 1 aliphatic heterocycles. The molecule has 66 valence electrons. The molecule has 1 rings (SSSR count). The van der Waals surface area contributed by atoms with E-state index in [1.54, 1.807) is 0 Å². The smallest absolute Gasteiger partial charge is 0.0171 e. The highest BCUT2D eigenvalue weighted by Gasteiger charge is 2.10. The molecular weight excluding hydrogens is 154 g/mol. The lowest BCUT2D eigenvalue weighted by molar-refractivity contribution is 0.357. The third-order valence-corrected chi connectivity index (χ3v) is 3.11. The summed E-state index contributed by atoms with van der Waals surface area (Å²) in [5.41, 5.74) is 0. The zero-order chi connectivity index (χ0) is 8.10.